The van der Waals surface area contributed by atoms with Crippen LogP contribution in [0.4, 0.5) is 4.79 Å². The first-order valence-corrected chi connectivity index (χ1v) is 8.66. The normalized spacial score (nSPS) is 25.4. The first-order chi connectivity index (χ1) is 11.3. The minimum Gasteiger partial charge on any atom is -0.497 e. The Labute approximate surface area is 144 Å². The van der Waals surface area contributed by atoms with Crippen LogP contribution in [0.1, 0.15) is 50.8 Å². The maximum atomic E-state index is 12.8. The van der Waals surface area contributed by atoms with Gasteiger partial charge in [0.15, 0.2) is 0 Å². The fraction of sp³-hybridized carbons (Fsp3) is 0.632. The summed E-state index contributed by atoms with van der Waals surface area (Å²) in [6, 6.07) is 6.22. The Balaban J connectivity index is 1.98. The van der Waals surface area contributed by atoms with E-state index in [0.717, 1.165) is 31.6 Å². The summed E-state index contributed by atoms with van der Waals surface area (Å²) in [7, 11) is 1.67. The number of methoxy groups -OCH3 is 1. The van der Waals surface area contributed by atoms with Gasteiger partial charge in [-0.25, -0.2) is 4.79 Å². The number of nitrogens with zero attached hydrogens (tertiary/aromatic N) is 1. The number of carbonyl (C=O) groups excluding carboxylic acids is 1. The van der Waals surface area contributed by atoms with Gasteiger partial charge in [-0.3, -0.25) is 0 Å². The van der Waals surface area contributed by atoms with Crippen LogP contribution in [0.25, 0.3) is 0 Å². The molecule has 0 radical (unpaired) electrons. The average molecular weight is 332 g/mol. The Hall–Kier alpha value is -1.75. The molecule has 1 fully saturated rings. The summed E-state index contributed by atoms with van der Waals surface area (Å²) >= 11 is 0. The van der Waals surface area contributed by atoms with Crippen LogP contribution in [0.15, 0.2) is 18.2 Å². The molecule has 1 aromatic rings. The highest BCUT2D eigenvalue weighted by molar-refractivity contribution is 5.70. The summed E-state index contributed by atoms with van der Waals surface area (Å²) in [6.45, 7) is 7.05. The third kappa shape index (κ3) is 2.86. The SMILES string of the molecule is COc1ccc2c(c1)C1N(C(=O)OC(C)(C)C)CCC1(CCN)C2. The molecule has 5 nitrogen and oxygen atoms in total. The minimum atomic E-state index is -0.494. The Morgan fingerprint density at radius 3 is 2.79 bits per heavy atom. The molecule has 2 unspecified atom stereocenters. The Morgan fingerprint density at radius 1 is 1.42 bits per heavy atom. The summed E-state index contributed by atoms with van der Waals surface area (Å²) in [6.07, 6.45) is 2.61. The minimum absolute atomic E-state index is 0.0281. The summed E-state index contributed by atoms with van der Waals surface area (Å²) in [5.74, 6) is 0.827. The van der Waals surface area contributed by atoms with Crippen LogP contribution in [0.3, 0.4) is 0 Å². The lowest BCUT2D eigenvalue weighted by Gasteiger charge is -2.33. The van der Waals surface area contributed by atoms with Crippen LogP contribution in [-0.2, 0) is 11.2 Å². The van der Waals surface area contributed by atoms with Crippen molar-refractivity contribution in [3.8, 4) is 5.75 Å². The van der Waals surface area contributed by atoms with Crippen LogP contribution in [0.2, 0.25) is 0 Å². The van der Waals surface area contributed by atoms with Gasteiger partial charge in [-0.15, -0.1) is 0 Å². The first-order valence-electron chi connectivity index (χ1n) is 8.66. The standard InChI is InChI=1S/C19H28N2O3/c1-18(2,3)24-17(22)21-10-8-19(7-9-20)12-13-5-6-14(23-4)11-15(13)16(19)21/h5-6,11,16H,7-10,12,20H2,1-4H3. The molecule has 0 saturated carbocycles. The van der Waals surface area contributed by atoms with Crippen molar-refractivity contribution >= 4 is 6.09 Å². The smallest absolute Gasteiger partial charge is 0.410 e. The molecule has 3 rings (SSSR count). The molecule has 2 N–H and O–H groups in total. The predicted octanol–water partition coefficient (Wildman–Crippen LogP) is 3.27. The van der Waals surface area contributed by atoms with E-state index >= 15 is 0 Å². The molecule has 1 amide bonds. The van der Waals surface area contributed by atoms with Crippen molar-refractivity contribution in [1.82, 2.24) is 4.90 Å². The van der Waals surface area contributed by atoms with Crippen molar-refractivity contribution < 1.29 is 14.3 Å². The number of carbonyl (C=O) groups is 1. The average Bonchev–Trinajstić information content (AvgIpc) is 2.99. The summed E-state index contributed by atoms with van der Waals surface area (Å²) in [4.78, 5) is 14.7. The third-order valence-corrected chi connectivity index (χ3v) is 5.20. The quantitative estimate of drug-likeness (QED) is 0.922. The number of hydrogen-bond donors (Lipinski definition) is 1. The van der Waals surface area contributed by atoms with Crippen LogP contribution < -0.4 is 10.5 Å². The van der Waals surface area contributed by atoms with Crippen molar-refractivity contribution in [2.24, 2.45) is 11.1 Å². The van der Waals surface area contributed by atoms with E-state index in [1.807, 2.05) is 31.7 Å². The Kier molecular flexibility index (Phi) is 4.24. The van der Waals surface area contributed by atoms with E-state index in [1.54, 1.807) is 7.11 Å². The van der Waals surface area contributed by atoms with Crippen LogP contribution in [-0.4, -0.2) is 36.8 Å². The molecule has 1 heterocycles. The topological polar surface area (TPSA) is 64.8 Å². The molecule has 0 bridgehead atoms. The van der Waals surface area contributed by atoms with E-state index in [0.29, 0.717) is 6.54 Å². The lowest BCUT2D eigenvalue weighted by Crippen LogP contribution is -2.38. The molecule has 24 heavy (non-hydrogen) atoms. The van der Waals surface area contributed by atoms with E-state index in [9.17, 15) is 4.79 Å². The highest BCUT2D eigenvalue weighted by Crippen LogP contribution is 2.57. The number of ether oxygens (including phenoxy) is 2. The number of amides is 1. The van der Waals surface area contributed by atoms with Crippen molar-refractivity contribution in [3.05, 3.63) is 29.3 Å². The molecule has 0 aromatic heterocycles. The molecule has 0 spiro atoms. The summed E-state index contributed by atoms with van der Waals surface area (Å²) in [5.41, 5.74) is 7.93. The number of rotatable bonds is 3. The van der Waals surface area contributed by atoms with E-state index < -0.39 is 5.60 Å². The van der Waals surface area contributed by atoms with Crippen LogP contribution >= 0.6 is 0 Å². The molecule has 1 aliphatic carbocycles. The maximum Gasteiger partial charge on any atom is 0.410 e. The molecular formula is C19H28N2O3. The molecule has 5 heteroatoms. The van der Waals surface area contributed by atoms with E-state index in [-0.39, 0.29) is 17.6 Å². The summed E-state index contributed by atoms with van der Waals surface area (Å²) in [5, 5.41) is 0. The second-order valence-corrected chi connectivity index (χ2v) is 7.97. The molecule has 1 aromatic carbocycles. The molecule has 132 valence electrons. The van der Waals surface area contributed by atoms with Gasteiger partial charge in [0.05, 0.1) is 13.2 Å². The largest absolute Gasteiger partial charge is 0.497 e. The van der Waals surface area contributed by atoms with Gasteiger partial charge in [0.1, 0.15) is 11.4 Å². The number of hydrogen-bond acceptors (Lipinski definition) is 4. The number of likely N-dealkylation sites (tertiary alicyclic amines) is 1. The van der Waals surface area contributed by atoms with Crippen molar-refractivity contribution in [3.63, 3.8) is 0 Å². The van der Waals surface area contributed by atoms with Gasteiger partial charge in [0.2, 0.25) is 0 Å². The highest BCUT2D eigenvalue weighted by Gasteiger charge is 2.54. The van der Waals surface area contributed by atoms with Crippen LogP contribution in [0, 0.1) is 5.41 Å². The second-order valence-electron chi connectivity index (χ2n) is 7.97. The molecule has 2 atom stereocenters. The van der Waals surface area contributed by atoms with Gasteiger partial charge in [-0.1, -0.05) is 6.07 Å². The molecular weight excluding hydrogens is 304 g/mol. The maximum absolute atomic E-state index is 12.8. The van der Waals surface area contributed by atoms with Gasteiger partial charge in [0, 0.05) is 12.0 Å². The highest BCUT2D eigenvalue weighted by atomic mass is 16.6. The predicted molar refractivity (Wildman–Crippen MR) is 93.1 cm³/mol. The number of benzene rings is 1. The van der Waals surface area contributed by atoms with Gasteiger partial charge >= 0.3 is 6.09 Å². The molecule has 1 saturated heterocycles. The van der Waals surface area contributed by atoms with Crippen molar-refractivity contribution in [2.75, 3.05) is 20.2 Å². The lowest BCUT2D eigenvalue weighted by molar-refractivity contribution is 0.0169. The Morgan fingerprint density at radius 2 is 2.17 bits per heavy atom. The zero-order valence-corrected chi connectivity index (χ0v) is 15.1. The fourth-order valence-electron chi connectivity index (χ4n) is 4.27. The van der Waals surface area contributed by atoms with E-state index in [4.69, 9.17) is 15.2 Å². The van der Waals surface area contributed by atoms with E-state index in [1.165, 1.54) is 11.1 Å². The summed E-state index contributed by atoms with van der Waals surface area (Å²) < 4.78 is 11.0. The van der Waals surface area contributed by atoms with Crippen molar-refractivity contribution in [2.45, 2.75) is 51.7 Å². The van der Waals surface area contributed by atoms with Gasteiger partial charge < -0.3 is 20.1 Å². The van der Waals surface area contributed by atoms with Crippen LogP contribution in [0.5, 0.6) is 5.75 Å². The van der Waals surface area contributed by atoms with Crippen molar-refractivity contribution in [1.29, 1.82) is 0 Å². The van der Waals surface area contributed by atoms with Gasteiger partial charge in [-0.05, 0) is 69.8 Å². The third-order valence-electron chi connectivity index (χ3n) is 5.20. The number of nitrogens with two attached hydrogens (primary N) is 1. The van der Waals surface area contributed by atoms with Gasteiger partial charge in [0.25, 0.3) is 0 Å². The fourth-order valence-corrected chi connectivity index (χ4v) is 4.27. The van der Waals surface area contributed by atoms with Gasteiger partial charge in [-0.2, -0.15) is 0 Å². The Bertz CT molecular complexity index is 638. The monoisotopic (exact) mass is 332 g/mol. The first kappa shape index (κ1) is 17.1. The zero-order valence-electron chi connectivity index (χ0n) is 15.1. The second kappa shape index (κ2) is 5.96. The molecule has 2 aliphatic rings. The van der Waals surface area contributed by atoms with E-state index in [2.05, 4.69) is 12.1 Å². The lowest BCUT2D eigenvalue weighted by atomic mass is 9.78. The number of fused-ring (bicyclic) bond motifs is 3. The molecule has 1 aliphatic heterocycles. The zero-order chi connectivity index (χ0) is 17.5.